The van der Waals surface area contributed by atoms with Crippen molar-refractivity contribution in [2.24, 2.45) is 0 Å². The lowest BCUT2D eigenvalue weighted by Crippen LogP contribution is -2.34. The average Bonchev–Trinajstić information content (AvgIpc) is 3.28. The standard InChI is InChI=1S/C17H10F6N6/c18-11-6-2-1-4-9(11)8-29-14-10(5-3-7-24-14)12(28-29)13-25-15(27-26-13)16(19,20)17(21,22)23/h1-7H,8H2,(H,25,26,27). The van der Waals surface area contributed by atoms with E-state index in [1.54, 1.807) is 11.2 Å². The molecule has 0 unspecified atom stereocenters. The molecule has 0 aliphatic carbocycles. The number of hydrogen-bond acceptors (Lipinski definition) is 4. The molecule has 6 nitrogen and oxygen atoms in total. The molecule has 0 fully saturated rings. The minimum atomic E-state index is -5.84. The highest BCUT2D eigenvalue weighted by atomic mass is 19.4. The van der Waals surface area contributed by atoms with Gasteiger partial charge in [-0.05, 0) is 18.2 Å². The van der Waals surface area contributed by atoms with E-state index in [1.165, 1.54) is 41.2 Å². The highest BCUT2D eigenvalue weighted by Crippen LogP contribution is 2.42. The van der Waals surface area contributed by atoms with Gasteiger partial charge in [0, 0.05) is 11.8 Å². The summed E-state index contributed by atoms with van der Waals surface area (Å²) in [6.07, 6.45) is -4.40. The summed E-state index contributed by atoms with van der Waals surface area (Å²) in [5.74, 6) is -7.81. The zero-order chi connectivity index (χ0) is 20.8. The van der Waals surface area contributed by atoms with Crippen LogP contribution in [0, 0.1) is 5.82 Å². The largest absolute Gasteiger partial charge is 0.461 e. The third kappa shape index (κ3) is 3.19. The van der Waals surface area contributed by atoms with Crippen LogP contribution in [0.25, 0.3) is 22.6 Å². The Morgan fingerprint density at radius 1 is 1.00 bits per heavy atom. The van der Waals surface area contributed by atoms with E-state index in [0.29, 0.717) is 5.39 Å². The Hall–Kier alpha value is -3.44. The molecule has 29 heavy (non-hydrogen) atoms. The number of nitrogens with one attached hydrogen (secondary N) is 1. The first kappa shape index (κ1) is 18.9. The van der Waals surface area contributed by atoms with Crippen molar-refractivity contribution in [3.05, 3.63) is 59.8 Å². The molecule has 0 amide bonds. The number of fused-ring (bicyclic) bond motifs is 1. The molecular formula is C17H10F6N6. The Balaban J connectivity index is 1.79. The molecule has 0 bridgehead atoms. The second kappa shape index (κ2) is 6.57. The van der Waals surface area contributed by atoms with Crippen LogP contribution >= 0.6 is 0 Å². The molecule has 0 atom stereocenters. The van der Waals surface area contributed by atoms with Crippen molar-refractivity contribution in [2.45, 2.75) is 18.6 Å². The van der Waals surface area contributed by atoms with Gasteiger partial charge in [-0.1, -0.05) is 18.2 Å². The number of halogens is 6. The summed E-state index contributed by atoms with van der Waals surface area (Å²) in [4.78, 5) is 7.42. The molecule has 0 saturated heterocycles. The number of benzene rings is 1. The van der Waals surface area contributed by atoms with Crippen molar-refractivity contribution in [1.82, 2.24) is 29.9 Å². The number of aromatic nitrogens is 6. The minimum Gasteiger partial charge on any atom is -0.257 e. The highest BCUT2D eigenvalue weighted by molar-refractivity contribution is 5.89. The van der Waals surface area contributed by atoms with Gasteiger partial charge in [0.2, 0.25) is 11.6 Å². The third-order valence-electron chi connectivity index (χ3n) is 4.14. The summed E-state index contributed by atoms with van der Waals surface area (Å²) in [6.45, 7) is -0.0455. The Morgan fingerprint density at radius 3 is 2.48 bits per heavy atom. The normalized spacial score (nSPS) is 12.6. The first-order valence-corrected chi connectivity index (χ1v) is 8.11. The maximum atomic E-state index is 14.0. The van der Waals surface area contributed by atoms with E-state index in [0.717, 1.165) is 0 Å². The Bertz CT molecular complexity index is 1180. The SMILES string of the molecule is Fc1ccccc1Cn1nc(-c2n[nH]c(C(F)(F)C(F)(F)F)n2)c2cccnc21. The topological polar surface area (TPSA) is 72.3 Å². The number of rotatable bonds is 4. The van der Waals surface area contributed by atoms with Crippen molar-refractivity contribution < 1.29 is 26.3 Å². The lowest BCUT2D eigenvalue weighted by atomic mass is 10.2. The Labute approximate surface area is 158 Å². The zero-order valence-electron chi connectivity index (χ0n) is 14.3. The second-order valence-electron chi connectivity index (χ2n) is 6.05. The minimum absolute atomic E-state index is 0.0455. The van der Waals surface area contributed by atoms with Gasteiger partial charge in [-0.15, -0.1) is 0 Å². The lowest BCUT2D eigenvalue weighted by molar-refractivity contribution is -0.292. The van der Waals surface area contributed by atoms with Crippen LogP contribution in [0.15, 0.2) is 42.6 Å². The van der Waals surface area contributed by atoms with E-state index in [4.69, 9.17) is 0 Å². The van der Waals surface area contributed by atoms with Crippen LogP contribution < -0.4 is 0 Å². The summed E-state index contributed by atoms with van der Waals surface area (Å²) in [5, 5.41) is 9.56. The molecule has 4 aromatic rings. The number of alkyl halides is 5. The van der Waals surface area contributed by atoms with Gasteiger partial charge < -0.3 is 0 Å². The fourth-order valence-corrected chi connectivity index (χ4v) is 2.72. The molecule has 3 aromatic heterocycles. The van der Waals surface area contributed by atoms with E-state index >= 15 is 0 Å². The van der Waals surface area contributed by atoms with Crippen molar-refractivity contribution in [1.29, 1.82) is 0 Å². The fraction of sp³-hybridized carbons (Fsp3) is 0.176. The maximum Gasteiger partial charge on any atom is 0.461 e. The maximum absolute atomic E-state index is 14.0. The molecule has 0 spiro atoms. The number of H-pyrrole nitrogens is 1. The van der Waals surface area contributed by atoms with Crippen molar-refractivity contribution >= 4 is 11.0 Å². The van der Waals surface area contributed by atoms with E-state index in [9.17, 15) is 26.3 Å². The molecule has 0 radical (unpaired) electrons. The molecule has 150 valence electrons. The van der Waals surface area contributed by atoms with Gasteiger partial charge in [-0.3, -0.25) is 5.10 Å². The van der Waals surface area contributed by atoms with Gasteiger partial charge in [0.1, 0.15) is 11.5 Å². The van der Waals surface area contributed by atoms with E-state index in [2.05, 4.69) is 20.2 Å². The van der Waals surface area contributed by atoms with Gasteiger partial charge in [-0.25, -0.2) is 19.0 Å². The number of aromatic amines is 1. The van der Waals surface area contributed by atoms with Crippen molar-refractivity contribution in [3.63, 3.8) is 0 Å². The van der Waals surface area contributed by atoms with Crippen molar-refractivity contribution in [3.8, 4) is 11.5 Å². The molecular weight excluding hydrogens is 402 g/mol. The quantitative estimate of drug-likeness (QED) is 0.513. The zero-order valence-corrected chi connectivity index (χ0v) is 14.3. The van der Waals surface area contributed by atoms with Gasteiger partial charge in [-0.2, -0.15) is 32.1 Å². The van der Waals surface area contributed by atoms with Crippen LogP contribution in [-0.4, -0.2) is 36.1 Å². The van der Waals surface area contributed by atoms with Crippen LogP contribution in [0.2, 0.25) is 0 Å². The predicted octanol–water partition coefficient (Wildman–Crippen LogP) is 4.06. The molecule has 4 rings (SSSR count). The predicted molar refractivity (Wildman–Crippen MR) is 88.4 cm³/mol. The van der Waals surface area contributed by atoms with Crippen LogP contribution in [0.3, 0.4) is 0 Å². The van der Waals surface area contributed by atoms with Crippen LogP contribution in [-0.2, 0) is 12.5 Å². The van der Waals surface area contributed by atoms with Gasteiger partial charge in [0.25, 0.3) is 0 Å². The van der Waals surface area contributed by atoms with Gasteiger partial charge in [0.15, 0.2) is 5.65 Å². The van der Waals surface area contributed by atoms with Crippen LogP contribution in [0.1, 0.15) is 11.4 Å². The number of pyridine rings is 1. The van der Waals surface area contributed by atoms with Crippen molar-refractivity contribution in [2.75, 3.05) is 0 Å². The second-order valence-corrected chi connectivity index (χ2v) is 6.05. The van der Waals surface area contributed by atoms with Crippen LogP contribution in [0.5, 0.6) is 0 Å². The molecule has 3 heterocycles. The summed E-state index contributed by atoms with van der Waals surface area (Å²) >= 11 is 0. The van der Waals surface area contributed by atoms with Crippen LogP contribution in [0.4, 0.5) is 26.3 Å². The molecule has 0 saturated carbocycles. The van der Waals surface area contributed by atoms with Gasteiger partial charge in [0.05, 0.1) is 11.9 Å². The van der Waals surface area contributed by atoms with E-state index in [1.807, 2.05) is 0 Å². The summed E-state index contributed by atoms with van der Waals surface area (Å²) in [5.41, 5.74) is 0.484. The summed E-state index contributed by atoms with van der Waals surface area (Å²) in [6, 6.07) is 8.98. The molecule has 1 N–H and O–H groups in total. The Kier molecular flexibility index (Phi) is 4.28. The molecule has 12 heteroatoms. The highest BCUT2D eigenvalue weighted by Gasteiger charge is 2.61. The molecule has 0 aliphatic rings. The van der Waals surface area contributed by atoms with Gasteiger partial charge >= 0.3 is 12.1 Å². The smallest absolute Gasteiger partial charge is 0.257 e. The third-order valence-corrected chi connectivity index (χ3v) is 4.14. The Morgan fingerprint density at radius 2 is 1.76 bits per heavy atom. The molecule has 1 aromatic carbocycles. The fourth-order valence-electron chi connectivity index (χ4n) is 2.72. The lowest BCUT2D eigenvalue weighted by Gasteiger charge is -2.15. The molecule has 0 aliphatic heterocycles. The average molecular weight is 412 g/mol. The van der Waals surface area contributed by atoms with E-state index in [-0.39, 0.29) is 23.4 Å². The summed E-state index contributed by atoms with van der Waals surface area (Å²) < 4.78 is 80.0. The number of hydrogen-bond donors (Lipinski definition) is 1. The first-order valence-electron chi connectivity index (χ1n) is 8.11. The van der Waals surface area contributed by atoms with E-state index < -0.39 is 29.6 Å². The first-order chi connectivity index (χ1) is 13.7. The monoisotopic (exact) mass is 412 g/mol. The summed E-state index contributed by atoms with van der Waals surface area (Å²) in [7, 11) is 0. The number of nitrogens with zero attached hydrogens (tertiary/aromatic N) is 5.